The van der Waals surface area contributed by atoms with Gasteiger partial charge < -0.3 is 10.4 Å². The minimum absolute atomic E-state index is 0.0539. The van der Waals surface area contributed by atoms with Crippen molar-refractivity contribution in [3.8, 4) is 0 Å². The molecule has 7 nitrogen and oxygen atoms in total. The third-order valence-electron chi connectivity index (χ3n) is 4.50. The Bertz CT molecular complexity index is 785. The Balaban J connectivity index is 1.77. The summed E-state index contributed by atoms with van der Waals surface area (Å²) in [5, 5.41) is 17.0. The summed E-state index contributed by atoms with van der Waals surface area (Å²) in [5.41, 5.74) is 0.401. The molecule has 1 amide bonds. The lowest BCUT2D eigenvalue weighted by Crippen LogP contribution is -2.36. The molecule has 3 rings (SSSR count). The second-order valence-electron chi connectivity index (χ2n) is 5.90. The van der Waals surface area contributed by atoms with E-state index in [2.05, 4.69) is 5.32 Å². The number of nitrogens with two attached hydrogens (primary N) is 1. The minimum atomic E-state index is -3.79. The number of sulfonamides is 1. The van der Waals surface area contributed by atoms with Gasteiger partial charge in [-0.3, -0.25) is 9.59 Å². The third kappa shape index (κ3) is 2.87. The average Bonchev–Trinajstić information content (AvgIpc) is 3.07. The van der Waals surface area contributed by atoms with Gasteiger partial charge in [-0.25, -0.2) is 13.6 Å². The summed E-state index contributed by atoms with van der Waals surface area (Å²) in [6.07, 6.45) is 4.45. The normalized spacial score (nSPS) is 28.7. The predicted octanol–water partition coefficient (Wildman–Crippen LogP) is 0.795. The van der Waals surface area contributed by atoms with Crippen LogP contribution < -0.4 is 10.5 Å². The summed E-state index contributed by atoms with van der Waals surface area (Å²) in [6.45, 7) is 0. The molecule has 0 radical (unpaired) electrons. The van der Waals surface area contributed by atoms with Gasteiger partial charge in [0.25, 0.3) is 0 Å². The van der Waals surface area contributed by atoms with Crippen LogP contribution in [-0.2, 0) is 19.6 Å². The van der Waals surface area contributed by atoms with Crippen molar-refractivity contribution in [2.75, 3.05) is 5.32 Å². The zero-order valence-corrected chi connectivity index (χ0v) is 12.9. The van der Waals surface area contributed by atoms with Gasteiger partial charge in [0.1, 0.15) is 0 Å². The molecular weight excluding hydrogens is 320 g/mol. The number of anilines is 1. The highest BCUT2D eigenvalue weighted by Gasteiger charge is 2.51. The molecule has 4 N–H and O–H groups in total. The molecule has 2 aliphatic carbocycles. The van der Waals surface area contributed by atoms with Crippen LogP contribution >= 0.6 is 0 Å². The van der Waals surface area contributed by atoms with E-state index in [1.165, 1.54) is 24.3 Å². The molecule has 2 bridgehead atoms. The predicted molar refractivity (Wildman–Crippen MR) is 81.8 cm³/mol. The maximum atomic E-state index is 12.5. The highest BCUT2D eigenvalue weighted by atomic mass is 32.2. The molecule has 0 aliphatic heterocycles. The number of carbonyl (C=O) groups is 2. The van der Waals surface area contributed by atoms with Crippen LogP contribution in [0.4, 0.5) is 5.69 Å². The van der Waals surface area contributed by atoms with E-state index in [0.717, 1.165) is 0 Å². The molecule has 23 heavy (non-hydrogen) atoms. The molecule has 0 spiro atoms. The number of fused-ring (bicyclic) bond motifs is 2. The summed E-state index contributed by atoms with van der Waals surface area (Å²) < 4.78 is 22.4. The summed E-state index contributed by atoms with van der Waals surface area (Å²) in [4.78, 5) is 23.8. The van der Waals surface area contributed by atoms with E-state index >= 15 is 0 Å². The van der Waals surface area contributed by atoms with E-state index < -0.39 is 27.8 Å². The van der Waals surface area contributed by atoms with E-state index in [1.54, 1.807) is 0 Å². The summed E-state index contributed by atoms with van der Waals surface area (Å²) >= 11 is 0. The Labute approximate surface area is 133 Å². The van der Waals surface area contributed by atoms with E-state index in [9.17, 15) is 23.1 Å². The Hall–Kier alpha value is -2.19. The molecule has 0 saturated heterocycles. The zero-order valence-electron chi connectivity index (χ0n) is 12.0. The first-order chi connectivity index (χ1) is 10.8. The lowest BCUT2D eigenvalue weighted by molar-refractivity contribution is -0.146. The largest absolute Gasteiger partial charge is 0.481 e. The van der Waals surface area contributed by atoms with E-state index in [-0.39, 0.29) is 22.6 Å². The second-order valence-corrected chi connectivity index (χ2v) is 7.46. The van der Waals surface area contributed by atoms with Crippen LogP contribution in [0, 0.1) is 23.7 Å². The molecule has 0 heterocycles. The number of aliphatic carboxylic acids is 1. The lowest BCUT2D eigenvalue weighted by atomic mass is 9.82. The van der Waals surface area contributed by atoms with Crippen molar-refractivity contribution in [1.82, 2.24) is 0 Å². The lowest BCUT2D eigenvalue weighted by Gasteiger charge is -2.23. The van der Waals surface area contributed by atoms with Crippen LogP contribution in [0.25, 0.3) is 0 Å². The molecule has 8 heteroatoms. The Morgan fingerprint density at radius 1 is 1.09 bits per heavy atom. The highest BCUT2D eigenvalue weighted by Crippen LogP contribution is 2.48. The molecule has 0 unspecified atom stereocenters. The van der Waals surface area contributed by atoms with Crippen molar-refractivity contribution < 1.29 is 23.1 Å². The first-order valence-electron chi connectivity index (χ1n) is 7.12. The van der Waals surface area contributed by atoms with Crippen molar-refractivity contribution in [3.63, 3.8) is 0 Å². The first-order valence-corrected chi connectivity index (χ1v) is 8.67. The highest BCUT2D eigenvalue weighted by molar-refractivity contribution is 7.89. The molecule has 122 valence electrons. The standard InChI is InChI=1S/C15H16N2O5S/c16-23(21,22)11-5-3-10(4-6-11)17-14(18)12-8-1-2-9(7-8)13(12)15(19)20/h1-6,8-9,12-13H,7H2,(H,17,18)(H,19,20)(H2,16,21,22)/t8-,9-,12+,13+/m0/s1. The molecule has 4 atom stereocenters. The fourth-order valence-corrected chi connectivity index (χ4v) is 3.99. The number of hydrogen-bond donors (Lipinski definition) is 3. The monoisotopic (exact) mass is 336 g/mol. The Morgan fingerprint density at radius 2 is 1.65 bits per heavy atom. The number of allylic oxidation sites excluding steroid dienone is 2. The van der Waals surface area contributed by atoms with Gasteiger partial charge in [-0.15, -0.1) is 0 Å². The average molecular weight is 336 g/mol. The smallest absolute Gasteiger partial charge is 0.307 e. The number of benzene rings is 1. The quantitative estimate of drug-likeness (QED) is 0.701. The summed E-state index contributed by atoms with van der Waals surface area (Å²) in [5.74, 6) is -2.82. The van der Waals surface area contributed by atoms with Gasteiger partial charge in [-0.05, 0) is 42.5 Å². The Kier molecular flexibility index (Phi) is 3.73. The number of carbonyl (C=O) groups excluding carboxylic acids is 1. The molecule has 1 saturated carbocycles. The van der Waals surface area contributed by atoms with Crippen molar-refractivity contribution in [3.05, 3.63) is 36.4 Å². The van der Waals surface area contributed by atoms with Gasteiger partial charge in [-0.2, -0.15) is 0 Å². The maximum absolute atomic E-state index is 12.5. The molecule has 0 aromatic heterocycles. The van der Waals surface area contributed by atoms with Crippen LogP contribution in [0.15, 0.2) is 41.3 Å². The van der Waals surface area contributed by atoms with E-state index in [4.69, 9.17) is 5.14 Å². The molecule has 2 aliphatic rings. The molecular formula is C15H16N2O5S. The fraction of sp³-hybridized carbons (Fsp3) is 0.333. The number of amides is 1. The molecule has 1 aromatic carbocycles. The summed E-state index contributed by atoms with van der Waals surface area (Å²) in [7, 11) is -3.79. The van der Waals surface area contributed by atoms with Gasteiger partial charge >= 0.3 is 5.97 Å². The molecule has 1 fully saturated rings. The zero-order chi connectivity index (χ0) is 16.8. The third-order valence-corrected chi connectivity index (χ3v) is 5.43. The second kappa shape index (κ2) is 5.47. The minimum Gasteiger partial charge on any atom is -0.481 e. The van der Waals surface area contributed by atoms with Gasteiger partial charge in [0, 0.05) is 5.69 Å². The number of primary sulfonamides is 1. The van der Waals surface area contributed by atoms with Gasteiger partial charge in [0.15, 0.2) is 0 Å². The van der Waals surface area contributed by atoms with Crippen molar-refractivity contribution in [2.45, 2.75) is 11.3 Å². The molecule has 1 aromatic rings. The number of hydrogen-bond acceptors (Lipinski definition) is 4. The first kappa shape index (κ1) is 15.7. The van der Waals surface area contributed by atoms with Crippen molar-refractivity contribution in [1.29, 1.82) is 0 Å². The number of rotatable bonds is 4. The SMILES string of the molecule is NS(=O)(=O)c1ccc(NC(=O)[C@H]2[C@H](C(=O)O)[C@H]3C=C[C@H]2C3)cc1. The number of nitrogens with one attached hydrogen (secondary N) is 1. The summed E-state index contributed by atoms with van der Waals surface area (Å²) in [6, 6.07) is 5.44. The number of carboxylic acid groups (broad SMARTS) is 1. The topological polar surface area (TPSA) is 127 Å². The van der Waals surface area contributed by atoms with Crippen LogP contribution in [0.1, 0.15) is 6.42 Å². The van der Waals surface area contributed by atoms with Crippen molar-refractivity contribution >= 4 is 27.6 Å². The van der Waals surface area contributed by atoms with Crippen LogP contribution in [0.5, 0.6) is 0 Å². The Morgan fingerprint density at radius 3 is 2.17 bits per heavy atom. The van der Waals surface area contributed by atoms with Gasteiger partial charge in [0.2, 0.25) is 15.9 Å². The van der Waals surface area contributed by atoms with Crippen LogP contribution in [-0.4, -0.2) is 25.4 Å². The fourth-order valence-electron chi connectivity index (χ4n) is 3.47. The van der Waals surface area contributed by atoms with Crippen LogP contribution in [0.3, 0.4) is 0 Å². The van der Waals surface area contributed by atoms with Crippen LogP contribution in [0.2, 0.25) is 0 Å². The van der Waals surface area contributed by atoms with Crippen molar-refractivity contribution in [2.24, 2.45) is 28.8 Å². The van der Waals surface area contributed by atoms with Gasteiger partial charge in [0.05, 0.1) is 16.7 Å². The number of carboxylic acids is 1. The maximum Gasteiger partial charge on any atom is 0.307 e. The van der Waals surface area contributed by atoms with Gasteiger partial charge in [-0.1, -0.05) is 12.2 Å². The van der Waals surface area contributed by atoms with E-state index in [0.29, 0.717) is 12.1 Å². The van der Waals surface area contributed by atoms with E-state index in [1.807, 2.05) is 12.2 Å².